The van der Waals surface area contributed by atoms with E-state index in [0.29, 0.717) is 17.5 Å². The Morgan fingerprint density at radius 3 is 1.49 bits per heavy atom. The molecule has 3 heteroatoms. The molecule has 10 aromatic rings. The number of hydrogen-bond acceptors (Lipinski definition) is 3. The number of aromatic nitrogens is 3. The molecule has 0 N–H and O–H groups in total. The summed E-state index contributed by atoms with van der Waals surface area (Å²) in [5, 5.41) is 2.53. The normalized spacial score (nSPS) is 14.2. The van der Waals surface area contributed by atoms with Crippen LogP contribution >= 0.6 is 0 Å². The predicted octanol–water partition coefficient (Wildman–Crippen LogP) is 13.7. The lowest BCUT2D eigenvalue weighted by Crippen LogP contribution is -2.28. The fourth-order valence-electron chi connectivity index (χ4n) is 9.07. The largest absolute Gasteiger partial charge is 0.208 e. The van der Waals surface area contributed by atoms with Gasteiger partial charge in [0.2, 0.25) is 0 Å². The van der Waals surface area contributed by atoms with Crippen LogP contribution in [0.3, 0.4) is 0 Å². The molecule has 0 bridgehead atoms. The Bertz CT molecular complexity index is 3120. The van der Waals surface area contributed by atoms with Gasteiger partial charge in [-0.15, -0.1) is 0 Å². The van der Waals surface area contributed by atoms with E-state index in [9.17, 15) is 0 Å². The minimum absolute atomic E-state index is 0.480. The van der Waals surface area contributed by atoms with Gasteiger partial charge in [0.1, 0.15) is 0 Å². The van der Waals surface area contributed by atoms with Crippen LogP contribution in [0.25, 0.3) is 78.3 Å². The van der Waals surface area contributed by atoms with E-state index >= 15 is 0 Å². The summed E-state index contributed by atoms with van der Waals surface area (Å²) >= 11 is 0. The molecule has 0 radical (unpaired) electrons. The van der Waals surface area contributed by atoms with Crippen molar-refractivity contribution >= 4 is 10.8 Å². The molecule has 0 fully saturated rings. The van der Waals surface area contributed by atoms with E-state index in [1.807, 2.05) is 36.4 Å². The lowest BCUT2D eigenvalue weighted by molar-refractivity contribution is 0.769. The van der Waals surface area contributed by atoms with E-state index in [1.165, 1.54) is 49.7 Å². The first-order valence-electron chi connectivity index (χ1n) is 20.1. The highest BCUT2D eigenvalue weighted by molar-refractivity contribution is 6.04. The van der Waals surface area contributed by atoms with Crippen molar-refractivity contribution in [1.29, 1.82) is 0 Å². The summed E-state index contributed by atoms with van der Waals surface area (Å²) < 4.78 is 0. The predicted molar refractivity (Wildman–Crippen MR) is 242 cm³/mol. The maximum Gasteiger partial charge on any atom is 0.164 e. The molecule has 0 amide bonds. The van der Waals surface area contributed by atoms with Gasteiger partial charge in [-0.3, -0.25) is 0 Å². The molecule has 1 unspecified atom stereocenters. The van der Waals surface area contributed by atoms with E-state index in [-0.39, 0.29) is 0 Å². The Hall–Kier alpha value is -7.75. The maximum atomic E-state index is 5.09. The van der Waals surface area contributed by atoms with Crippen molar-refractivity contribution in [1.82, 2.24) is 15.0 Å². The van der Waals surface area contributed by atoms with Crippen LogP contribution in [0.15, 0.2) is 224 Å². The number of fused-ring (bicyclic) bond motifs is 5. The molecule has 59 heavy (non-hydrogen) atoms. The number of hydrogen-bond donors (Lipinski definition) is 0. The Kier molecular flexibility index (Phi) is 8.37. The van der Waals surface area contributed by atoms with E-state index in [2.05, 4.69) is 188 Å². The SMILES string of the molecule is c1ccc(-c2ccc(-c3nc(-c4ccccc4)nc(-c4cccc(-c5ccc(C6(c7ccccc7)c7ccccc7-c7c6ccc6ccccc76)cc5)c4)n3)cc2)cc1. The second kappa shape index (κ2) is 14.3. The van der Waals surface area contributed by atoms with E-state index in [4.69, 9.17) is 15.0 Å². The molecular formula is C56H37N3. The number of nitrogens with zero attached hydrogens (tertiary/aromatic N) is 3. The molecule has 1 heterocycles. The van der Waals surface area contributed by atoms with E-state index < -0.39 is 5.41 Å². The van der Waals surface area contributed by atoms with E-state index in [0.717, 1.165) is 33.4 Å². The van der Waals surface area contributed by atoms with Crippen molar-refractivity contribution in [2.24, 2.45) is 0 Å². The highest BCUT2D eigenvalue weighted by Gasteiger charge is 2.46. The van der Waals surface area contributed by atoms with Crippen LogP contribution in [0.1, 0.15) is 22.3 Å². The lowest BCUT2D eigenvalue weighted by Gasteiger charge is -2.34. The van der Waals surface area contributed by atoms with Crippen LogP contribution in [0.2, 0.25) is 0 Å². The molecule has 3 nitrogen and oxygen atoms in total. The first-order valence-corrected chi connectivity index (χ1v) is 20.1. The van der Waals surface area contributed by atoms with Crippen molar-refractivity contribution in [2.45, 2.75) is 5.41 Å². The van der Waals surface area contributed by atoms with Crippen molar-refractivity contribution in [3.05, 3.63) is 247 Å². The first-order chi connectivity index (χ1) is 29.2. The van der Waals surface area contributed by atoms with Crippen LogP contribution in [-0.4, -0.2) is 15.0 Å². The van der Waals surface area contributed by atoms with Crippen LogP contribution in [-0.2, 0) is 5.41 Å². The highest BCUT2D eigenvalue weighted by Crippen LogP contribution is 2.57. The molecule has 11 rings (SSSR count). The van der Waals surface area contributed by atoms with Gasteiger partial charge in [-0.05, 0) is 72.5 Å². The van der Waals surface area contributed by atoms with Gasteiger partial charge in [-0.25, -0.2) is 15.0 Å². The topological polar surface area (TPSA) is 38.7 Å². The summed E-state index contributed by atoms with van der Waals surface area (Å²) in [4.78, 5) is 15.1. The minimum Gasteiger partial charge on any atom is -0.208 e. The number of benzene rings is 9. The molecule has 0 spiro atoms. The Labute approximate surface area is 344 Å². The van der Waals surface area contributed by atoms with Crippen molar-refractivity contribution < 1.29 is 0 Å². The Balaban J connectivity index is 1.01. The molecule has 0 saturated heterocycles. The molecule has 1 aliphatic carbocycles. The van der Waals surface area contributed by atoms with Gasteiger partial charge < -0.3 is 0 Å². The monoisotopic (exact) mass is 751 g/mol. The van der Waals surface area contributed by atoms with Gasteiger partial charge in [0.15, 0.2) is 17.5 Å². The Morgan fingerprint density at radius 1 is 0.288 bits per heavy atom. The summed E-state index contributed by atoms with van der Waals surface area (Å²) in [7, 11) is 0. The van der Waals surface area contributed by atoms with Gasteiger partial charge in [0.05, 0.1) is 5.41 Å². The fraction of sp³-hybridized carbons (Fsp3) is 0.0179. The third-order valence-corrected chi connectivity index (χ3v) is 11.8. The molecule has 1 aromatic heterocycles. The Morgan fingerprint density at radius 2 is 0.763 bits per heavy atom. The fourth-order valence-corrected chi connectivity index (χ4v) is 9.07. The molecule has 276 valence electrons. The lowest BCUT2D eigenvalue weighted by atomic mass is 9.67. The molecule has 9 aromatic carbocycles. The van der Waals surface area contributed by atoms with Crippen molar-refractivity contribution in [2.75, 3.05) is 0 Å². The second-order valence-corrected chi connectivity index (χ2v) is 15.1. The van der Waals surface area contributed by atoms with Gasteiger partial charge in [-0.2, -0.15) is 0 Å². The van der Waals surface area contributed by atoms with Gasteiger partial charge in [0.25, 0.3) is 0 Å². The standard InChI is InChI=1S/C56H37N3/c1-4-15-38(16-5-1)39-27-29-43(30-28-39)54-57-53(42-18-6-2-7-19-42)58-55(59-54)45-21-14-20-44(37-45)40-31-34-47(35-32-40)56(46-22-8-3-9-23-46)50-26-13-12-25-49(50)52-48-24-11-10-17-41(48)33-36-51(52)56/h1-37H. The quantitative estimate of drug-likeness (QED) is 0.163. The van der Waals surface area contributed by atoms with Gasteiger partial charge >= 0.3 is 0 Å². The third kappa shape index (κ3) is 5.86. The zero-order valence-electron chi connectivity index (χ0n) is 32.2. The zero-order chi connectivity index (χ0) is 39.2. The third-order valence-electron chi connectivity index (χ3n) is 11.8. The van der Waals surface area contributed by atoms with Crippen molar-refractivity contribution in [3.63, 3.8) is 0 Å². The summed E-state index contributed by atoms with van der Waals surface area (Å²) in [6.07, 6.45) is 0. The average Bonchev–Trinajstić information content (AvgIpc) is 3.64. The minimum atomic E-state index is -0.480. The summed E-state index contributed by atoms with van der Waals surface area (Å²) in [6.45, 7) is 0. The summed E-state index contributed by atoms with van der Waals surface area (Å²) in [6, 6.07) is 80.1. The smallest absolute Gasteiger partial charge is 0.164 e. The van der Waals surface area contributed by atoms with Crippen LogP contribution in [0, 0.1) is 0 Å². The van der Waals surface area contributed by atoms with E-state index in [1.54, 1.807) is 0 Å². The highest BCUT2D eigenvalue weighted by atomic mass is 15.0. The molecule has 1 atom stereocenters. The molecule has 0 saturated carbocycles. The number of rotatable bonds is 7. The second-order valence-electron chi connectivity index (χ2n) is 15.1. The van der Waals surface area contributed by atoms with Gasteiger partial charge in [0, 0.05) is 16.7 Å². The maximum absolute atomic E-state index is 5.09. The summed E-state index contributed by atoms with van der Waals surface area (Å²) in [5.74, 6) is 1.91. The van der Waals surface area contributed by atoms with Crippen LogP contribution in [0.4, 0.5) is 0 Å². The molecular weight excluding hydrogens is 715 g/mol. The summed E-state index contributed by atoms with van der Waals surface area (Å²) in [5.41, 5.74) is 14.6. The molecule has 0 aliphatic heterocycles. The average molecular weight is 752 g/mol. The van der Waals surface area contributed by atoms with Gasteiger partial charge in [-0.1, -0.05) is 218 Å². The van der Waals surface area contributed by atoms with Crippen molar-refractivity contribution in [3.8, 4) is 67.5 Å². The van der Waals surface area contributed by atoms with Crippen LogP contribution in [0.5, 0.6) is 0 Å². The zero-order valence-corrected chi connectivity index (χ0v) is 32.2. The first kappa shape index (κ1) is 34.5. The molecule has 1 aliphatic rings. The van der Waals surface area contributed by atoms with Crippen LogP contribution < -0.4 is 0 Å².